The van der Waals surface area contributed by atoms with Gasteiger partial charge in [-0.25, -0.2) is 9.18 Å². The lowest BCUT2D eigenvalue weighted by molar-refractivity contribution is -0.154. The van der Waals surface area contributed by atoms with Crippen molar-refractivity contribution < 1.29 is 23.4 Å². The van der Waals surface area contributed by atoms with Gasteiger partial charge in [-0.15, -0.1) is 0 Å². The predicted octanol–water partition coefficient (Wildman–Crippen LogP) is 2.53. The van der Waals surface area contributed by atoms with Crippen molar-refractivity contribution >= 4 is 12.0 Å². The van der Waals surface area contributed by atoms with Crippen LogP contribution in [-0.4, -0.2) is 31.1 Å². The van der Waals surface area contributed by atoms with Crippen molar-refractivity contribution in [2.24, 2.45) is 0 Å². The number of halogens is 1. The summed E-state index contributed by atoms with van der Waals surface area (Å²) >= 11 is 0. The molecule has 1 saturated heterocycles. The SMILES string of the molecule is CC1(C)OCC(COC(=O)/C=C/c2ccc(F)cc2)O1. The number of hydrogen-bond acceptors (Lipinski definition) is 4. The van der Waals surface area contributed by atoms with Crippen LogP contribution in [0.1, 0.15) is 19.4 Å². The maximum Gasteiger partial charge on any atom is 0.330 e. The highest BCUT2D eigenvalue weighted by atomic mass is 19.1. The second-order valence-corrected chi connectivity index (χ2v) is 4.97. The molecule has 1 aliphatic heterocycles. The minimum absolute atomic E-state index is 0.149. The third-order valence-electron chi connectivity index (χ3n) is 2.76. The Bertz CT molecular complexity index is 493. The highest BCUT2D eigenvalue weighted by Gasteiger charge is 2.33. The van der Waals surface area contributed by atoms with Crippen LogP contribution in [0.2, 0.25) is 0 Å². The zero-order valence-corrected chi connectivity index (χ0v) is 11.5. The quantitative estimate of drug-likeness (QED) is 0.628. The van der Waals surface area contributed by atoms with Crippen molar-refractivity contribution in [2.75, 3.05) is 13.2 Å². The summed E-state index contributed by atoms with van der Waals surface area (Å²) in [7, 11) is 0. The van der Waals surface area contributed by atoms with Gasteiger partial charge < -0.3 is 14.2 Å². The molecule has 0 radical (unpaired) electrons. The third-order valence-corrected chi connectivity index (χ3v) is 2.76. The fourth-order valence-corrected chi connectivity index (χ4v) is 1.81. The fourth-order valence-electron chi connectivity index (χ4n) is 1.81. The van der Waals surface area contributed by atoms with E-state index in [2.05, 4.69) is 0 Å². The van der Waals surface area contributed by atoms with Crippen LogP contribution >= 0.6 is 0 Å². The number of rotatable bonds is 4. The lowest BCUT2D eigenvalue weighted by Crippen LogP contribution is -2.24. The van der Waals surface area contributed by atoms with Crippen LogP contribution in [0.15, 0.2) is 30.3 Å². The molecule has 2 rings (SSSR count). The second kappa shape index (κ2) is 6.15. The van der Waals surface area contributed by atoms with Crippen molar-refractivity contribution in [1.29, 1.82) is 0 Å². The molecular weight excluding hydrogens is 263 g/mol. The fraction of sp³-hybridized carbons (Fsp3) is 0.400. The van der Waals surface area contributed by atoms with Crippen LogP contribution in [0.4, 0.5) is 4.39 Å². The number of hydrogen-bond donors (Lipinski definition) is 0. The van der Waals surface area contributed by atoms with Gasteiger partial charge >= 0.3 is 5.97 Å². The van der Waals surface area contributed by atoms with Gasteiger partial charge in [-0.2, -0.15) is 0 Å². The molecule has 0 bridgehead atoms. The van der Waals surface area contributed by atoms with E-state index in [1.807, 2.05) is 13.8 Å². The van der Waals surface area contributed by atoms with Crippen LogP contribution in [0.3, 0.4) is 0 Å². The van der Waals surface area contributed by atoms with E-state index in [4.69, 9.17) is 14.2 Å². The normalized spacial score (nSPS) is 21.2. The maximum absolute atomic E-state index is 12.7. The molecule has 0 aromatic heterocycles. The highest BCUT2D eigenvalue weighted by molar-refractivity contribution is 5.87. The predicted molar refractivity (Wildman–Crippen MR) is 71.3 cm³/mol. The van der Waals surface area contributed by atoms with Gasteiger partial charge in [-0.1, -0.05) is 12.1 Å². The number of esters is 1. The number of benzene rings is 1. The summed E-state index contributed by atoms with van der Waals surface area (Å²) in [5, 5.41) is 0. The smallest absolute Gasteiger partial charge is 0.330 e. The van der Waals surface area contributed by atoms with Gasteiger partial charge in [-0.3, -0.25) is 0 Å². The Labute approximate surface area is 117 Å². The van der Waals surface area contributed by atoms with Gasteiger partial charge in [0.2, 0.25) is 0 Å². The Hall–Kier alpha value is -1.72. The first kappa shape index (κ1) is 14.7. The standard InChI is InChI=1S/C15H17FO4/c1-15(2)19-10-13(20-15)9-18-14(17)8-5-11-3-6-12(16)7-4-11/h3-8,13H,9-10H2,1-2H3/b8-5+. The molecule has 1 unspecified atom stereocenters. The van der Waals surface area contributed by atoms with E-state index < -0.39 is 11.8 Å². The highest BCUT2D eigenvalue weighted by Crippen LogP contribution is 2.22. The van der Waals surface area contributed by atoms with E-state index in [-0.39, 0.29) is 18.5 Å². The molecule has 108 valence electrons. The van der Waals surface area contributed by atoms with Gasteiger partial charge in [0, 0.05) is 6.08 Å². The summed E-state index contributed by atoms with van der Waals surface area (Å²) in [6.07, 6.45) is 2.62. The summed E-state index contributed by atoms with van der Waals surface area (Å²) in [6.45, 7) is 4.17. The van der Waals surface area contributed by atoms with E-state index >= 15 is 0 Å². The van der Waals surface area contributed by atoms with Gasteiger partial charge in [-0.05, 0) is 37.6 Å². The molecular formula is C15H17FO4. The monoisotopic (exact) mass is 280 g/mol. The zero-order chi connectivity index (χ0) is 14.6. The molecule has 1 atom stereocenters. The Kier molecular flexibility index (Phi) is 4.52. The molecule has 0 aliphatic carbocycles. The average Bonchev–Trinajstić information content (AvgIpc) is 2.75. The van der Waals surface area contributed by atoms with Gasteiger partial charge in [0.25, 0.3) is 0 Å². The molecule has 1 fully saturated rings. The van der Waals surface area contributed by atoms with Crippen molar-refractivity contribution in [3.63, 3.8) is 0 Å². The second-order valence-electron chi connectivity index (χ2n) is 4.97. The van der Waals surface area contributed by atoms with E-state index in [0.717, 1.165) is 5.56 Å². The van der Waals surface area contributed by atoms with Crippen LogP contribution in [-0.2, 0) is 19.0 Å². The molecule has 1 aromatic carbocycles. The summed E-state index contributed by atoms with van der Waals surface area (Å²) in [6, 6.07) is 5.82. The van der Waals surface area contributed by atoms with Crippen molar-refractivity contribution in [2.45, 2.75) is 25.7 Å². The van der Waals surface area contributed by atoms with Crippen molar-refractivity contribution in [1.82, 2.24) is 0 Å². The summed E-state index contributed by atoms with van der Waals surface area (Å²) in [5.74, 6) is -1.41. The largest absolute Gasteiger partial charge is 0.460 e. The maximum atomic E-state index is 12.7. The summed E-state index contributed by atoms with van der Waals surface area (Å²) in [4.78, 5) is 11.5. The van der Waals surface area contributed by atoms with E-state index in [9.17, 15) is 9.18 Å². The number of carbonyl (C=O) groups excluding carboxylic acids is 1. The summed E-state index contributed by atoms with van der Waals surface area (Å²) < 4.78 is 28.6. The lowest BCUT2D eigenvalue weighted by atomic mass is 10.2. The van der Waals surface area contributed by atoms with E-state index in [0.29, 0.717) is 6.61 Å². The minimum Gasteiger partial charge on any atom is -0.460 e. The van der Waals surface area contributed by atoms with Gasteiger partial charge in [0.1, 0.15) is 18.5 Å². The Morgan fingerprint density at radius 2 is 2.15 bits per heavy atom. The Morgan fingerprint density at radius 3 is 2.75 bits per heavy atom. The number of ether oxygens (including phenoxy) is 3. The van der Waals surface area contributed by atoms with Crippen LogP contribution < -0.4 is 0 Å². The molecule has 5 heteroatoms. The van der Waals surface area contributed by atoms with Crippen molar-refractivity contribution in [3.05, 3.63) is 41.7 Å². The first-order valence-corrected chi connectivity index (χ1v) is 6.37. The average molecular weight is 280 g/mol. The van der Waals surface area contributed by atoms with Gasteiger partial charge in [0.05, 0.1) is 6.61 Å². The molecule has 0 amide bonds. The Balaban J connectivity index is 1.77. The van der Waals surface area contributed by atoms with Crippen molar-refractivity contribution in [3.8, 4) is 0 Å². The molecule has 0 spiro atoms. The summed E-state index contributed by atoms with van der Waals surface area (Å²) in [5.41, 5.74) is 0.727. The molecule has 1 heterocycles. The van der Waals surface area contributed by atoms with Gasteiger partial charge in [0.15, 0.2) is 5.79 Å². The van der Waals surface area contributed by atoms with E-state index in [1.165, 1.54) is 18.2 Å². The van der Waals surface area contributed by atoms with Crippen LogP contribution in [0.5, 0.6) is 0 Å². The third kappa shape index (κ3) is 4.43. The number of carbonyl (C=O) groups is 1. The molecule has 1 aliphatic rings. The topological polar surface area (TPSA) is 44.8 Å². The molecule has 1 aromatic rings. The van der Waals surface area contributed by atoms with E-state index in [1.54, 1.807) is 18.2 Å². The first-order valence-electron chi connectivity index (χ1n) is 6.37. The van der Waals surface area contributed by atoms with Crippen LogP contribution in [0.25, 0.3) is 6.08 Å². The first-order chi connectivity index (χ1) is 9.44. The van der Waals surface area contributed by atoms with Crippen LogP contribution in [0, 0.1) is 5.82 Å². The molecule has 4 nitrogen and oxygen atoms in total. The lowest BCUT2D eigenvalue weighted by Gasteiger charge is -2.16. The molecule has 0 N–H and O–H groups in total. The zero-order valence-electron chi connectivity index (χ0n) is 11.5. The Morgan fingerprint density at radius 1 is 1.45 bits per heavy atom. The molecule has 20 heavy (non-hydrogen) atoms. The molecule has 0 saturated carbocycles. The minimum atomic E-state index is -0.624.